The van der Waals surface area contributed by atoms with Gasteiger partial charge >= 0.3 is 0 Å². The van der Waals surface area contributed by atoms with Gasteiger partial charge in [0.2, 0.25) is 0 Å². The van der Waals surface area contributed by atoms with Crippen LogP contribution in [0.15, 0.2) is 60.9 Å². The highest BCUT2D eigenvalue weighted by Crippen LogP contribution is 2.33. The molecule has 0 aliphatic rings. The third-order valence-corrected chi connectivity index (χ3v) is 5.11. The number of halogens is 2. The largest absolute Gasteiger partial charge is 0.324 e. The first kappa shape index (κ1) is 17.7. The number of imidazole rings is 1. The van der Waals surface area contributed by atoms with Crippen molar-refractivity contribution in [2.24, 2.45) is 5.73 Å². The predicted molar refractivity (Wildman–Crippen MR) is 109 cm³/mol. The molecule has 1 heterocycles. The van der Waals surface area contributed by atoms with Crippen LogP contribution in [0.4, 0.5) is 4.39 Å². The summed E-state index contributed by atoms with van der Waals surface area (Å²) >= 11 is 6.28. The molecule has 1 unspecified atom stereocenters. The van der Waals surface area contributed by atoms with Crippen LogP contribution in [0.2, 0.25) is 5.02 Å². The summed E-state index contributed by atoms with van der Waals surface area (Å²) in [5.41, 5.74) is 11.4. The average molecular weight is 380 g/mol. The molecular weight excluding hydrogens is 361 g/mol. The molecule has 0 radical (unpaired) electrons. The van der Waals surface area contributed by atoms with E-state index < -0.39 is 0 Å². The van der Waals surface area contributed by atoms with Gasteiger partial charge in [0.15, 0.2) is 0 Å². The Labute approximate surface area is 162 Å². The number of aromatic nitrogens is 2. The van der Waals surface area contributed by atoms with Gasteiger partial charge in [-0.1, -0.05) is 35.9 Å². The second-order valence-electron chi connectivity index (χ2n) is 6.75. The minimum absolute atomic E-state index is 0.0469. The molecule has 4 rings (SSSR count). The van der Waals surface area contributed by atoms with Crippen LogP contribution in [0.1, 0.15) is 24.1 Å². The molecule has 1 aromatic heterocycles. The lowest BCUT2D eigenvalue weighted by Crippen LogP contribution is -2.04. The van der Waals surface area contributed by atoms with E-state index in [1.807, 2.05) is 54.0 Å². The summed E-state index contributed by atoms with van der Waals surface area (Å²) in [6, 6.07) is 17.0. The second-order valence-corrected chi connectivity index (χ2v) is 7.16. The fraction of sp³-hybridized carbons (Fsp3) is 0.136. The van der Waals surface area contributed by atoms with Gasteiger partial charge < -0.3 is 5.73 Å². The second kappa shape index (κ2) is 6.80. The van der Waals surface area contributed by atoms with E-state index in [9.17, 15) is 4.39 Å². The van der Waals surface area contributed by atoms with Crippen LogP contribution in [-0.2, 0) is 0 Å². The fourth-order valence-corrected chi connectivity index (χ4v) is 3.51. The molecular formula is C22H19ClFN3. The fourth-order valence-electron chi connectivity index (χ4n) is 3.25. The molecule has 3 nitrogen and oxygen atoms in total. The van der Waals surface area contributed by atoms with Gasteiger partial charge in [-0.15, -0.1) is 0 Å². The van der Waals surface area contributed by atoms with E-state index >= 15 is 0 Å². The van der Waals surface area contributed by atoms with Crippen molar-refractivity contribution >= 4 is 22.6 Å². The van der Waals surface area contributed by atoms with Crippen LogP contribution in [0.25, 0.3) is 27.8 Å². The molecule has 2 N–H and O–H groups in total. The van der Waals surface area contributed by atoms with Crippen molar-refractivity contribution in [1.82, 2.24) is 9.55 Å². The maximum Gasteiger partial charge on any atom is 0.135 e. The topological polar surface area (TPSA) is 43.8 Å². The Morgan fingerprint density at radius 3 is 2.70 bits per heavy atom. The quantitative estimate of drug-likeness (QED) is 0.488. The van der Waals surface area contributed by atoms with Gasteiger partial charge in [-0.2, -0.15) is 0 Å². The highest BCUT2D eigenvalue weighted by molar-refractivity contribution is 6.33. The Morgan fingerprint density at radius 1 is 1.11 bits per heavy atom. The molecule has 3 aromatic carbocycles. The van der Waals surface area contributed by atoms with Crippen molar-refractivity contribution in [1.29, 1.82) is 0 Å². The molecule has 1 atom stereocenters. The maximum absolute atomic E-state index is 14.7. The average Bonchev–Trinajstić information content (AvgIpc) is 3.08. The molecule has 0 saturated carbocycles. The number of hydrogen-bond donors (Lipinski definition) is 1. The number of rotatable bonds is 3. The number of fused-ring (bicyclic) bond motifs is 1. The molecule has 0 spiro atoms. The third-order valence-electron chi connectivity index (χ3n) is 4.79. The lowest BCUT2D eigenvalue weighted by molar-refractivity contribution is 0.622. The number of nitrogens with two attached hydrogens (primary N) is 1. The molecule has 0 amide bonds. The van der Waals surface area contributed by atoms with E-state index in [2.05, 4.69) is 4.98 Å². The zero-order valence-electron chi connectivity index (χ0n) is 15.1. The van der Waals surface area contributed by atoms with Gasteiger partial charge in [0.25, 0.3) is 0 Å². The standard InChI is InChI=1S/C22H19ClFN3/c1-13-6-8-18(23)21(22(13)24)16-4-3-5-17(10-16)27-12-26-19-11-15(14(2)25)7-9-20(19)27/h3-12,14H,25H2,1-2H3. The molecule has 0 saturated heterocycles. The van der Waals surface area contributed by atoms with E-state index in [4.69, 9.17) is 17.3 Å². The monoisotopic (exact) mass is 379 g/mol. The predicted octanol–water partition coefficient (Wildman–Crippen LogP) is 5.81. The van der Waals surface area contributed by atoms with E-state index in [0.29, 0.717) is 16.1 Å². The van der Waals surface area contributed by atoms with Gasteiger partial charge in [-0.25, -0.2) is 9.37 Å². The van der Waals surface area contributed by atoms with Gasteiger partial charge in [0, 0.05) is 17.3 Å². The van der Waals surface area contributed by atoms with Crippen LogP contribution in [0, 0.1) is 12.7 Å². The first-order valence-corrected chi connectivity index (χ1v) is 9.11. The van der Waals surface area contributed by atoms with E-state index in [1.165, 1.54) is 0 Å². The Hall–Kier alpha value is -2.69. The van der Waals surface area contributed by atoms with Crippen LogP contribution >= 0.6 is 11.6 Å². The molecule has 0 aliphatic heterocycles. The summed E-state index contributed by atoms with van der Waals surface area (Å²) in [6.07, 6.45) is 1.77. The minimum atomic E-state index is -0.295. The third kappa shape index (κ3) is 3.11. The molecule has 27 heavy (non-hydrogen) atoms. The van der Waals surface area contributed by atoms with Crippen LogP contribution in [-0.4, -0.2) is 9.55 Å². The normalized spacial score (nSPS) is 12.5. The van der Waals surface area contributed by atoms with Gasteiger partial charge in [0.05, 0.1) is 16.1 Å². The first-order valence-electron chi connectivity index (χ1n) is 8.73. The number of hydrogen-bond acceptors (Lipinski definition) is 2. The highest BCUT2D eigenvalue weighted by atomic mass is 35.5. The van der Waals surface area contributed by atoms with Crippen molar-refractivity contribution in [2.45, 2.75) is 19.9 Å². The van der Waals surface area contributed by atoms with E-state index in [-0.39, 0.29) is 11.9 Å². The summed E-state index contributed by atoms with van der Waals surface area (Å²) in [6.45, 7) is 3.68. The van der Waals surface area contributed by atoms with Crippen molar-refractivity contribution < 1.29 is 4.39 Å². The van der Waals surface area contributed by atoms with Crippen molar-refractivity contribution in [2.75, 3.05) is 0 Å². The van der Waals surface area contributed by atoms with Crippen molar-refractivity contribution in [3.05, 3.63) is 82.9 Å². The van der Waals surface area contributed by atoms with Crippen LogP contribution in [0.5, 0.6) is 0 Å². The Bertz CT molecular complexity index is 1150. The lowest BCUT2D eigenvalue weighted by Gasteiger charge is -2.11. The first-order chi connectivity index (χ1) is 13.0. The Morgan fingerprint density at radius 2 is 1.93 bits per heavy atom. The van der Waals surface area contributed by atoms with Gasteiger partial charge in [0.1, 0.15) is 12.1 Å². The zero-order chi connectivity index (χ0) is 19.1. The van der Waals surface area contributed by atoms with Gasteiger partial charge in [-0.3, -0.25) is 4.57 Å². The molecule has 4 aromatic rings. The number of aryl methyl sites for hydroxylation is 1. The minimum Gasteiger partial charge on any atom is -0.324 e. The molecule has 136 valence electrons. The molecule has 5 heteroatoms. The van der Waals surface area contributed by atoms with Crippen LogP contribution in [0.3, 0.4) is 0 Å². The summed E-state index contributed by atoms with van der Waals surface area (Å²) < 4.78 is 16.7. The lowest BCUT2D eigenvalue weighted by atomic mass is 10.0. The van der Waals surface area contributed by atoms with Crippen molar-refractivity contribution in [3.8, 4) is 16.8 Å². The molecule has 0 bridgehead atoms. The smallest absolute Gasteiger partial charge is 0.135 e. The molecule has 0 fully saturated rings. The number of benzene rings is 3. The summed E-state index contributed by atoms with van der Waals surface area (Å²) in [5, 5.41) is 0.396. The molecule has 0 aliphatic carbocycles. The maximum atomic E-state index is 14.7. The Kier molecular flexibility index (Phi) is 4.46. The zero-order valence-corrected chi connectivity index (χ0v) is 15.8. The number of nitrogens with zero attached hydrogens (tertiary/aromatic N) is 2. The van der Waals surface area contributed by atoms with Gasteiger partial charge in [-0.05, 0) is 60.9 Å². The van der Waals surface area contributed by atoms with Crippen molar-refractivity contribution in [3.63, 3.8) is 0 Å². The van der Waals surface area contributed by atoms with E-state index in [1.54, 1.807) is 25.4 Å². The highest BCUT2D eigenvalue weighted by Gasteiger charge is 2.14. The Balaban J connectivity index is 1.85. The van der Waals surface area contributed by atoms with E-state index in [0.717, 1.165) is 27.8 Å². The van der Waals surface area contributed by atoms with Crippen LogP contribution < -0.4 is 5.73 Å². The summed E-state index contributed by atoms with van der Waals surface area (Å²) in [7, 11) is 0. The summed E-state index contributed by atoms with van der Waals surface area (Å²) in [5.74, 6) is -0.295. The summed E-state index contributed by atoms with van der Waals surface area (Å²) in [4.78, 5) is 4.50. The SMILES string of the molecule is Cc1ccc(Cl)c(-c2cccc(-n3cnc4cc(C(C)N)ccc43)c2)c1F.